The zero-order valence-electron chi connectivity index (χ0n) is 11.6. The van der Waals surface area contributed by atoms with Gasteiger partial charge in [-0.2, -0.15) is 0 Å². The predicted molar refractivity (Wildman–Crippen MR) is 90.7 cm³/mol. The van der Waals surface area contributed by atoms with Crippen molar-refractivity contribution in [1.82, 2.24) is 10.3 Å². The molecule has 0 aliphatic carbocycles. The second-order valence-electron chi connectivity index (χ2n) is 4.71. The van der Waals surface area contributed by atoms with Crippen molar-refractivity contribution in [1.29, 1.82) is 0 Å². The molecule has 1 N–H and O–H groups in total. The van der Waals surface area contributed by atoms with Gasteiger partial charge in [0, 0.05) is 22.3 Å². The summed E-state index contributed by atoms with van der Waals surface area (Å²) in [5.74, 6) is 0. The fourth-order valence-electron chi connectivity index (χ4n) is 2.11. The maximum Gasteiger partial charge on any atom is 0.0897 e. The maximum absolute atomic E-state index is 6.43. The Morgan fingerprint density at radius 3 is 2.90 bits per heavy atom. The van der Waals surface area contributed by atoms with E-state index in [0.717, 1.165) is 45.1 Å². The SMILES string of the molecule is CCCNC(Cc1csc(C)n1)c1cccc(Br)c1Cl. The molecule has 0 radical (unpaired) electrons. The van der Waals surface area contributed by atoms with Crippen molar-refractivity contribution in [2.24, 2.45) is 0 Å². The van der Waals surface area contributed by atoms with Gasteiger partial charge in [-0.1, -0.05) is 30.7 Å². The number of hydrogen-bond donors (Lipinski definition) is 1. The number of hydrogen-bond acceptors (Lipinski definition) is 3. The molecule has 108 valence electrons. The summed E-state index contributed by atoms with van der Waals surface area (Å²) in [6, 6.07) is 6.27. The fourth-order valence-corrected chi connectivity index (χ4v) is 3.38. The molecule has 20 heavy (non-hydrogen) atoms. The molecule has 1 unspecified atom stereocenters. The van der Waals surface area contributed by atoms with Gasteiger partial charge in [0.05, 0.1) is 15.7 Å². The molecule has 0 aliphatic heterocycles. The molecule has 1 atom stereocenters. The molecule has 0 fully saturated rings. The van der Waals surface area contributed by atoms with Gasteiger partial charge in [-0.25, -0.2) is 4.98 Å². The predicted octanol–water partition coefficient (Wildman–Crippen LogP) is 5.15. The van der Waals surface area contributed by atoms with E-state index in [-0.39, 0.29) is 6.04 Å². The molecule has 2 rings (SSSR count). The number of nitrogens with one attached hydrogen (secondary N) is 1. The Morgan fingerprint density at radius 1 is 1.45 bits per heavy atom. The summed E-state index contributed by atoms with van der Waals surface area (Å²) >= 11 is 11.6. The van der Waals surface area contributed by atoms with Crippen molar-refractivity contribution >= 4 is 38.9 Å². The molecular formula is C15H18BrClN2S. The second-order valence-corrected chi connectivity index (χ2v) is 7.01. The number of aromatic nitrogens is 1. The van der Waals surface area contributed by atoms with Crippen LogP contribution in [0.25, 0.3) is 0 Å². The van der Waals surface area contributed by atoms with Crippen LogP contribution in [0.15, 0.2) is 28.1 Å². The number of benzene rings is 1. The van der Waals surface area contributed by atoms with Crippen LogP contribution in [0.3, 0.4) is 0 Å². The van der Waals surface area contributed by atoms with Crippen LogP contribution < -0.4 is 5.32 Å². The van der Waals surface area contributed by atoms with E-state index in [4.69, 9.17) is 11.6 Å². The first-order valence-corrected chi connectivity index (χ1v) is 8.75. The van der Waals surface area contributed by atoms with Crippen molar-refractivity contribution < 1.29 is 0 Å². The zero-order chi connectivity index (χ0) is 14.5. The van der Waals surface area contributed by atoms with Crippen LogP contribution in [-0.4, -0.2) is 11.5 Å². The highest BCUT2D eigenvalue weighted by molar-refractivity contribution is 9.10. The molecule has 2 nitrogen and oxygen atoms in total. The summed E-state index contributed by atoms with van der Waals surface area (Å²) < 4.78 is 0.939. The minimum atomic E-state index is 0.196. The highest BCUT2D eigenvalue weighted by Gasteiger charge is 2.17. The summed E-state index contributed by atoms with van der Waals surface area (Å²) in [5.41, 5.74) is 2.25. The van der Waals surface area contributed by atoms with Crippen LogP contribution in [0.5, 0.6) is 0 Å². The molecular weight excluding hydrogens is 356 g/mol. The quantitative estimate of drug-likeness (QED) is 0.757. The van der Waals surface area contributed by atoms with E-state index in [1.807, 2.05) is 19.1 Å². The highest BCUT2D eigenvalue weighted by Crippen LogP contribution is 2.32. The van der Waals surface area contributed by atoms with Crippen LogP contribution in [0, 0.1) is 6.92 Å². The van der Waals surface area contributed by atoms with E-state index < -0.39 is 0 Å². The fraction of sp³-hybridized carbons (Fsp3) is 0.400. The van der Waals surface area contributed by atoms with E-state index in [9.17, 15) is 0 Å². The van der Waals surface area contributed by atoms with Gasteiger partial charge in [0.1, 0.15) is 0 Å². The molecule has 0 bridgehead atoms. The summed E-state index contributed by atoms with van der Waals surface area (Å²) in [4.78, 5) is 4.56. The van der Waals surface area contributed by atoms with Gasteiger partial charge in [0.2, 0.25) is 0 Å². The van der Waals surface area contributed by atoms with Crippen LogP contribution in [0.4, 0.5) is 0 Å². The summed E-state index contributed by atoms with van der Waals surface area (Å²) in [5, 5.41) is 7.59. The van der Waals surface area contributed by atoms with Crippen molar-refractivity contribution in [2.75, 3.05) is 6.54 Å². The third kappa shape index (κ3) is 4.04. The first-order chi connectivity index (χ1) is 9.61. The largest absolute Gasteiger partial charge is 0.310 e. The highest BCUT2D eigenvalue weighted by atomic mass is 79.9. The van der Waals surface area contributed by atoms with E-state index in [1.165, 1.54) is 0 Å². The van der Waals surface area contributed by atoms with Crippen LogP contribution in [0.1, 0.15) is 35.7 Å². The average Bonchev–Trinajstić information content (AvgIpc) is 2.83. The first kappa shape index (κ1) is 16.0. The Hall–Kier alpha value is -0.420. The third-order valence-electron chi connectivity index (χ3n) is 3.08. The zero-order valence-corrected chi connectivity index (χ0v) is 14.8. The Balaban J connectivity index is 2.24. The smallest absolute Gasteiger partial charge is 0.0897 e. The minimum absolute atomic E-state index is 0.196. The lowest BCUT2D eigenvalue weighted by Crippen LogP contribution is -2.24. The molecule has 1 heterocycles. The average molecular weight is 374 g/mol. The number of nitrogens with zero attached hydrogens (tertiary/aromatic N) is 1. The second kappa shape index (κ2) is 7.55. The topological polar surface area (TPSA) is 24.9 Å². The normalized spacial score (nSPS) is 12.6. The van der Waals surface area contributed by atoms with Gasteiger partial charge in [0.15, 0.2) is 0 Å². The Bertz CT molecular complexity index is 571. The molecule has 0 aliphatic rings. The van der Waals surface area contributed by atoms with Gasteiger partial charge < -0.3 is 5.32 Å². The van der Waals surface area contributed by atoms with Gasteiger partial charge in [-0.05, 0) is 47.4 Å². The van der Waals surface area contributed by atoms with Crippen LogP contribution in [0.2, 0.25) is 5.02 Å². The summed E-state index contributed by atoms with van der Waals surface area (Å²) in [7, 11) is 0. The van der Waals surface area contributed by atoms with Gasteiger partial charge in [0.25, 0.3) is 0 Å². The summed E-state index contributed by atoms with van der Waals surface area (Å²) in [6.07, 6.45) is 1.96. The number of rotatable bonds is 6. The lowest BCUT2D eigenvalue weighted by molar-refractivity contribution is 0.525. The lowest BCUT2D eigenvalue weighted by Gasteiger charge is -2.20. The molecule has 0 spiro atoms. The van der Waals surface area contributed by atoms with Crippen LogP contribution >= 0.6 is 38.9 Å². The van der Waals surface area contributed by atoms with Crippen molar-refractivity contribution in [2.45, 2.75) is 32.7 Å². The Morgan fingerprint density at radius 2 is 2.25 bits per heavy atom. The van der Waals surface area contributed by atoms with Gasteiger partial charge in [-0.15, -0.1) is 11.3 Å². The van der Waals surface area contributed by atoms with Crippen molar-refractivity contribution in [3.8, 4) is 0 Å². The number of halogens is 2. The maximum atomic E-state index is 6.43. The van der Waals surface area contributed by atoms with Crippen molar-refractivity contribution in [3.05, 3.63) is 49.3 Å². The summed E-state index contributed by atoms with van der Waals surface area (Å²) in [6.45, 7) is 5.17. The van der Waals surface area contributed by atoms with E-state index in [1.54, 1.807) is 11.3 Å². The van der Waals surface area contributed by atoms with Gasteiger partial charge in [-0.3, -0.25) is 0 Å². The molecule has 1 aromatic carbocycles. The molecule has 0 saturated carbocycles. The first-order valence-electron chi connectivity index (χ1n) is 6.70. The lowest BCUT2D eigenvalue weighted by atomic mass is 10.0. The molecule has 2 aromatic rings. The molecule has 0 saturated heterocycles. The minimum Gasteiger partial charge on any atom is -0.310 e. The standard InChI is InChI=1S/C15H18BrClN2S/c1-3-7-18-14(8-11-9-20-10(2)19-11)12-5-4-6-13(16)15(12)17/h4-6,9,14,18H,3,7-8H2,1-2H3. The monoisotopic (exact) mass is 372 g/mol. The number of aryl methyl sites for hydroxylation is 1. The Labute approximate surface area is 137 Å². The van der Waals surface area contributed by atoms with E-state index >= 15 is 0 Å². The van der Waals surface area contributed by atoms with Crippen LogP contribution in [-0.2, 0) is 6.42 Å². The molecule has 1 aromatic heterocycles. The molecule has 0 amide bonds. The van der Waals surface area contributed by atoms with E-state index in [0.29, 0.717) is 0 Å². The van der Waals surface area contributed by atoms with Crippen molar-refractivity contribution in [3.63, 3.8) is 0 Å². The molecule has 5 heteroatoms. The Kier molecular flexibility index (Phi) is 6.02. The number of thiazole rings is 1. The third-order valence-corrected chi connectivity index (χ3v) is 5.21. The van der Waals surface area contributed by atoms with Gasteiger partial charge >= 0.3 is 0 Å². The van der Waals surface area contributed by atoms with E-state index in [2.05, 4.69) is 44.6 Å².